The number of hydrogen-bond donors (Lipinski definition) is 1. The zero-order valence-corrected chi connectivity index (χ0v) is 9.94. The standard InChI is InChI=1S/C13H17NO3/c1-14-11(10-6-15-7-10)4-9-2-3-12-13(5-9)17-8-16-12/h2-3,5,10-11,14H,4,6-8H2,1H3. The predicted molar refractivity (Wildman–Crippen MR) is 63.4 cm³/mol. The quantitative estimate of drug-likeness (QED) is 0.851. The number of benzene rings is 1. The Kier molecular flexibility index (Phi) is 2.91. The van der Waals surface area contributed by atoms with Crippen LogP contribution in [0.5, 0.6) is 11.5 Å². The third kappa shape index (κ3) is 2.10. The summed E-state index contributed by atoms with van der Waals surface area (Å²) >= 11 is 0. The maximum atomic E-state index is 5.39. The zero-order chi connectivity index (χ0) is 11.7. The first-order chi connectivity index (χ1) is 8.36. The highest BCUT2D eigenvalue weighted by Crippen LogP contribution is 2.33. The first-order valence-electron chi connectivity index (χ1n) is 6.00. The van der Waals surface area contributed by atoms with Gasteiger partial charge in [-0.2, -0.15) is 0 Å². The molecule has 1 aromatic carbocycles. The van der Waals surface area contributed by atoms with Crippen molar-refractivity contribution < 1.29 is 14.2 Å². The summed E-state index contributed by atoms with van der Waals surface area (Å²) in [6, 6.07) is 6.65. The van der Waals surface area contributed by atoms with Crippen molar-refractivity contribution >= 4 is 0 Å². The molecule has 0 bridgehead atoms. The van der Waals surface area contributed by atoms with Crippen LogP contribution in [0.3, 0.4) is 0 Å². The van der Waals surface area contributed by atoms with E-state index in [0.29, 0.717) is 18.8 Å². The van der Waals surface area contributed by atoms with E-state index in [9.17, 15) is 0 Å². The fourth-order valence-electron chi connectivity index (χ4n) is 2.31. The van der Waals surface area contributed by atoms with Crippen molar-refractivity contribution in [1.82, 2.24) is 5.32 Å². The Bertz CT molecular complexity index is 404. The maximum absolute atomic E-state index is 5.39. The van der Waals surface area contributed by atoms with Gasteiger partial charge in [0.15, 0.2) is 11.5 Å². The third-order valence-electron chi connectivity index (χ3n) is 3.50. The minimum absolute atomic E-state index is 0.338. The molecule has 92 valence electrons. The summed E-state index contributed by atoms with van der Waals surface area (Å²) in [7, 11) is 2.01. The van der Waals surface area contributed by atoms with Crippen LogP contribution in [0.25, 0.3) is 0 Å². The number of ether oxygens (including phenoxy) is 3. The molecule has 1 aromatic rings. The highest BCUT2D eigenvalue weighted by atomic mass is 16.7. The lowest BCUT2D eigenvalue weighted by Crippen LogP contribution is -2.45. The van der Waals surface area contributed by atoms with E-state index in [1.807, 2.05) is 13.1 Å². The van der Waals surface area contributed by atoms with Gasteiger partial charge in [0.1, 0.15) is 0 Å². The molecule has 1 fully saturated rings. The average Bonchev–Trinajstić information content (AvgIpc) is 2.72. The second-order valence-corrected chi connectivity index (χ2v) is 4.58. The van der Waals surface area contributed by atoms with E-state index in [1.165, 1.54) is 5.56 Å². The predicted octanol–water partition coefficient (Wildman–Crippen LogP) is 1.19. The first-order valence-corrected chi connectivity index (χ1v) is 6.00. The van der Waals surface area contributed by atoms with Gasteiger partial charge in [-0.1, -0.05) is 6.07 Å². The summed E-state index contributed by atoms with van der Waals surface area (Å²) < 4.78 is 15.9. The molecule has 0 spiro atoms. The average molecular weight is 235 g/mol. The topological polar surface area (TPSA) is 39.7 Å². The van der Waals surface area contributed by atoms with Crippen LogP contribution in [-0.2, 0) is 11.2 Å². The van der Waals surface area contributed by atoms with Gasteiger partial charge in [0, 0.05) is 12.0 Å². The minimum Gasteiger partial charge on any atom is -0.454 e. The van der Waals surface area contributed by atoms with E-state index < -0.39 is 0 Å². The molecule has 0 aliphatic carbocycles. The third-order valence-corrected chi connectivity index (χ3v) is 3.50. The lowest BCUT2D eigenvalue weighted by Gasteiger charge is -2.33. The van der Waals surface area contributed by atoms with Crippen molar-refractivity contribution in [3.63, 3.8) is 0 Å². The van der Waals surface area contributed by atoms with E-state index in [1.54, 1.807) is 0 Å². The smallest absolute Gasteiger partial charge is 0.231 e. The highest BCUT2D eigenvalue weighted by Gasteiger charge is 2.27. The molecule has 0 amide bonds. The van der Waals surface area contributed by atoms with E-state index >= 15 is 0 Å². The molecule has 2 aliphatic rings. The molecule has 1 atom stereocenters. The van der Waals surface area contributed by atoms with Crippen molar-refractivity contribution in [3.8, 4) is 11.5 Å². The summed E-state index contributed by atoms with van der Waals surface area (Å²) in [6.45, 7) is 2.08. The number of hydrogen-bond acceptors (Lipinski definition) is 4. The lowest BCUT2D eigenvalue weighted by atomic mass is 9.92. The molecule has 4 heteroatoms. The van der Waals surface area contributed by atoms with Crippen LogP contribution in [0.4, 0.5) is 0 Å². The Morgan fingerprint density at radius 1 is 1.29 bits per heavy atom. The van der Waals surface area contributed by atoms with Gasteiger partial charge in [0.2, 0.25) is 6.79 Å². The monoisotopic (exact) mass is 235 g/mol. The molecule has 4 nitrogen and oxygen atoms in total. The van der Waals surface area contributed by atoms with Crippen LogP contribution < -0.4 is 14.8 Å². The van der Waals surface area contributed by atoms with E-state index in [2.05, 4.69) is 17.4 Å². The fourth-order valence-corrected chi connectivity index (χ4v) is 2.31. The largest absolute Gasteiger partial charge is 0.454 e. The van der Waals surface area contributed by atoms with Crippen molar-refractivity contribution in [2.45, 2.75) is 12.5 Å². The summed E-state index contributed by atoms with van der Waals surface area (Å²) in [5.74, 6) is 2.34. The Balaban J connectivity index is 1.71. The van der Waals surface area contributed by atoms with Crippen molar-refractivity contribution in [2.24, 2.45) is 5.92 Å². The van der Waals surface area contributed by atoms with Crippen LogP contribution >= 0.6 is 0 Å². The number of nitrogens with one attached hydrogen (secondary N) is 1. The molecule has 2 heterocycles. The molecule has 0 aromatic heterocycles. The van der Waals surface area contributed by atoms with Crippen LogP contribution in [0.1, 0.15) is 5.56 Å². The van der Waals surface area contributed by atoms with Gasteiger partial charge in [-0.05, 0) is 31.2 Å². The minimum atomic E-state index is 0.338. The molecule has 0 saturated carbocycles. The summed E-state index contributed by atoms with van der Waals surface area (Å²) in [5, 5.41) is 3.37. The Morgan fingerprint density at radius 2 is 2.12 bits per heavy atom. The second kappa shape index (κ2) is 4.55. The maximum Gasteiger partial charge on any atom is 0.231 e. The van der Waals surface area contributed by atoms with Gasteiger partial charge in [0.05, 0.1) is 13.2 Å². The van der Waals surface area contributed by atoms with Crippen molar-refractivity contribution in [2.75, 3.05) is 27.1 Å². The summed E-state index contributed by atoms with van der Waals surface area (Å²) in [5.41, 5.74) is 1.28. The SMILES string of the molecule is CNC(Cc1ccc2c(c1)OCO2)C1COC1. The van der Waals surface area contributed by atoms with Crippen LogP contribution in [0.2, 0.25) is 0 Å². The lowest BCUT2D eigenvalue weighted by molar-refractivity contribution is -0.0483. The number of fused-ring (bicyclic) bond motifs is 1. The first kappa shape index (κ1) is 10.9. The van der Waals surface area contributed by atoms with Gasteiger partial charge in [-0.3, -0.25) is 0 Å². The van der Waals surface area contributed by atoms with Gasteiger partial charge >= 0.3 is 0 Å². The van der Waals surface area contributed by atoms with Crippen LogP contribution in [0.15, 0.2) is 18.2 Å². The molecule has 3 rings (SSSR count). The normalized spacial score (nSPS) is 20.1. The summed E-state index contributed by atoms with van der Waals surface area (Å²) in [4.78, 5) is 0. The van der Waals surface area contributed by atoms with Crippen LogP contribution in [-0.4, -0.2) is 33.1 Å². The Hall–Kier alpha value is -1.26. The molecular formula is C13H17NO3. The number of likely N-dealkylation sites (N-methyl/N-ethyl adjacent to an activating group) is 1. The molecule has 2 aliphatic heterocycles. The van der Waals surface area contributed by atoms with Gasteiger partial charge in [-0.15, -0.1) is 0 Å². The van der Waals surface area contributed by atoms with Gasteiger partial charge in [-0.25, -0.2) is 0 Å². The van der Waals surface area contributed by atoms with Crippen molar-refractivity contribution in [3.05, 3.63) is 23.8 Å². The molecule has 0 radical (unpaired) electrons. The second-order valence-electron chi connectivity index (χ2n) is 4.58. The molecule has 1 unspecified atom stereocenters. The highest BCUT2D eigenvalue weighted by molar-refractivity contribution is 5.44. The molecule has 17 heavy (non-hydrogen) atoms. The Morgan fingerprint density at radius 3 is 2.82 bits per heavy atom. The van der Waals surface area contributed by atoms with E-state index in [0.717, 1.165) is 31.1 Å². The molecule has 1 saturated heterocycles. The zero-order valence-electron chi connectivity index (χ0n) is 9.94. The number of rotatable bonds is 4. The Labute approximate surface area is 101 Å². The van der Waals surface area contributed by atoms with E-state index in [-0.39, 0.29) is 0 Å². The van der Waals surface area contributed by atoms with Gasteiger partial charge in [0.25, 0.3) is 0 Å². The van der Waals surface area contributed by atoms with Crippen LogP contribution in [0, 0.1) is 5.92 Å². The van der Waals surface area contributed by atoms with E-state index in [4.69, 9.17) is 14.2 Å². The van der Waals surface area contributed by atoms with Crippen molar-refractivity contribution in [1.29, 1.82) is 0 Å². The van der Waals surface area contributed by atoms with Gasteiger partial charge < -0.3 is 19.5 Å². The summed E-state index contributed by atoms with van der Waals surface area (Å²) in [6.07, 6.45) is 1.00. The fraction of sp³-hybridized carbons (Fsp3) is 0.538. The molecular weight excluding hydrogens is 218 g/mol. The molecule has 1 N–H and O–H groups in total.